The van der Waals surface area contributed by atoms with Gasteiger partial charge in [0.1, 0.15) is 10.9 Å². The first-order chi connectivity index (χ1) is 10.0. The fourth-order valence-corrected chi connectivity index (χ4v) is 4.54. The highest BCUT2D eigenvalue weighted by Crippen LogP contribution is 2.64. The number of pyridine rings is 1. The number of aryl methyl sites for hydroxylation is 2. The second-order valence-corrected chi connectivity index (χ2v) is 6.92. The molecule has 3 unspecified atom stereocenters. The van der Waals surface area contributed by atoms with Gasteiger partial charge in [0.15, 0.2) is 0 Å². The van der Waals surface area contributed by atoms with E-state index in [9.17, 15) is 28.2 Å². The maximum atomic E-state index is 13.4. The Morgan fingerprint density at radius 3 is 2.68 bits per heavy atom. The summed E-state index contributed by atoms with van der Waals surface area (Å²) in [5.41, 5.74) is -1.27. The number of aliphatic carboxylic acids is 1. The summed E-state index contributed by atoms with van der Waals surface area (Å²) in [6, 6.07) is 1.57. The van der Waals surface area contributed by atoms with Crippen molar-refractivity contribution in [1.29, 1.82) is 0 Å². The molecule has 2 bridgehead atoms. The summed E-state index contributed by atoms with van der Waals surface area (Å²) in [6.07, 6.45) is -5.71. The Kier molecular flexibility index (Phi) is 3.00. The molecule has 9 heteroatoms. The summed E-state index contributed by atoms with van der Waals surface area (Å²) in [7, 11) is 0. The predicted molar refractivity (Wildman–Crippen MR) is 70.7 cm³/mol. The highest BCUT2D eigenvalue weighted by atomic mass is 32.2. The molecule has 0 amide bonds. The first-order valence-corrected chi connectivity index (χ1v) is 7.26. The average Bonchev–Trinajstić information content (AvgIpc) is 2.57. The Hall–Kier alpha value is -1.48. The van der Waals surface area contributed by atoms with Gasteiger partial charge in [-0.15, -0.1) is 0 Å². The minimum atomic E-state index is -4.84. The molecule has 1 saturated heterocycles. The topological polar surface area (TPSA) is 79.7 Å². The van der Waals surface area contributed by atoms with Crippen LogP contribution in [-0.4, -0.2) is 37.5 Å². The Morgan fingerprint density at radius 1 is 1.50 bits per heavy atom. The molecule has 0 spiro atoms. The summed E-state index contributed by atoms with van der Waals surface area (Å²) in [5, 5.41) is 18.4. The number of fused-ring (bicyclic) bond motifs is 4. The molecule has 3 rings (SSSR count). The van der Waals surface area contributed by atoms with Crippen LogP contribution in [0.3, 0.4) is 0 Å². The molecule has 1 fully saturated rings. The minimum absolute atomic E-state index is 0.0235. The van der Waals surface area contributed by atoms with Crippen molar-refractivity contribution in [3.63, 3.8) is 0 Å². The highest BCUT2D eigenvalue weighted by molar-refractivity contribution is 8.02. The number of halogens is 3. The molecular weight excluding hydrogens is 323 g/mol. The van der Waals surface area contributed by atoms with Gasteiger partial charge in [-0.3, -0.25) is 4.79 Å². The second kappa shape index (κ2) is 4.29. The molecule has 120 valence electrons. The van der Waals surface area contributed by atoms with Crippen molar-refractivity contribution in [1.82, 2.24) is 4.98 Å². The van der Waals surface area contributed by atoms with Crippen LogP contribution in [0, 0.1) is 13.8 Å². The molecule has 0 radical (unpaired) electrons. The van der Waals surface area contributed by atoms with Crippen molar-refractivity contribution in [3.05, 3.63) is 22.9 Å². The van der Waals surface area contributed by atoms with Crippen LogP contribution in [0.25, 0.3) is 0 Å². The van der Waals surface area contributed by atoms with Gasteiger partial charge in [-0.2, -0.15) is 13.2 Å². The van der Waals surface area contributed by atoms with Gasteiger partial charge < -0.3 is 14.9 Å². The van der Waals surface area contributed by atoms with Crippen LogP contribution < -0.4 is 4.74 Å². The Morgan fingerprint density at radius 2 is 2.14 bits per heavy atom. The number of nitrogens with zero attached hydrogens (tertiary/aromatic N) is 1. The third kappa shape index (κ3) is 1.84. The van der Waals surface area contributed by atoms with E-state index < -0.39 is 34.4 Å². The molecule has 3 heterocycles. The number of aromatic nitrogens is 1. The fourth-order valence-electron chi connectivity index (χ4n) is 3.10. The van der Waals surface area contributed by atoms with E-state index in [-0.39, 0.29) is 23.2 Å². The number of carboxylic acid groups (broad SMARTS) is 1. The third-order valence-corrected chi connectivity index (χ3v) is 5.57. The standard InChI is InChI=1S/C13H12F3NO4S/c1-5-3-6(2)17-9-7(5)11(20)4-12(21-9,13(14,15)16)22-8(11)10(18)19/h3,8,20H,4H2,1-2H3,(H,18,19). The number of alkyl halides is 3. The Balaban J connectivity index is 2.28. The smallest absolute Gasteiger partial charge is 0.438 e. The Labute approximate surface area is 127 Å². The lowest BCUT2D eigenvalue weighted by Crippen LogP contribution is -2.51. The fraction of sp³-hybridized carbons (Fsp3) is 0.538. The minimum Gasteiger partial charge on any atom is -0.480 e. The highest BCUT2D eigenvalue weighted by Gasteiger charge is 2.74. The van der Waals surface area contributed by atoms with Gasteiger partial charge in [0.25, 0.3) is 4.93 Å². The molecule has 2 aliphatic heterocycles. The molecule has 0 aliphatic carbocycles. The number of hydrogen-bond donors (Lipinski definition) is 2. The van der Waals surface area contributed by atoms with Crippen LogP contribution in [0.4, 0.5) is 13.2 Å². The zero-order chi connectivity index (χ0) is 16.5. The molecule has 0 aromatic carbocycles. The maximum Gasteiger partial charge on any atom is 0.438 e. The van der Waals surface area contributed by atoms with Crippen LogP contribution in [0.5, 0.6) is 5.88 Å². The van der Waals surface area contributed by atoms with Gasteiger partial charge in [0, 0.05) is 12.1 Å². The summed E-state index contributed by atoms with van der Waals surface area (Å²) >= 11 is 0.0770. The van der Waals surface area contributed by atoms with E-state index in [0.29, 0.717) is 11.3 Å². The van der Waals surface area contributed by atoms with Gasteiger partial charge in [-0.1, -0.05) is 11.8 Å². The van der Waals surface area contributed by atoms with Gasteiger partial charge in [0.2, 0.25) is 5.88 Å². The number of rotatable bonds is 1. The van der Waals surface area contributed by atoms with Crippen LogP contribution in [0.1, 0.15) is 23.2 Å². The van der Waals surface area contributed by atoms with Gasteiger partial charge in [-0.25, -0.2) is 4.98 Å². The van der Waals surface area contributed by atoms with Crippen molar-refractivity contribution in [3.8, 4) is 5.88 Å². The van der Waals surface area contributed by atoms with Crippen molar-refractivity contribution < 1.29 is 32.9 Å². The molecule has 2 aliphatic rings. The lowest BCUT2D eigenvalue weighted by molar-refractivity contribution is -0.228. The maximum absolute atomic E-state index is 13.4. The molecule has 0 saturated carbocycles. The number of thioether (sulfide) groups is 1. The third-order valence-electron chi connectivity index (χ3n) is 3.91. The summed E-state index contributed by atoms with van der Waals surface area (Å²) < 4.78 is 45.4. The lowest BCUT2D eigenvalue weighted by atomic mass is 9.81. The van der Waals surface area contributed by atoms with E-state index in [1.54, 1.807) is 19.9 Å². The lowest BCUT2D eigenvalue weighted by Gasteiger charge is -2.38. The van der Waals surface area contributed by atoms with Crippen molar-refractivity contribution >= 4 is 17.7 Å². The molecule has 2 N–H and O–H groups in total. The van der Waals surface area contributed by atoms with Crippen molar-refractivity contribution in [2.45, 2.75) is 42.2 Å². The van der Waals surface area contributed by atoms with E-state index in [4.69, 9.17) is 4.74 Å². The summed E-state index contributed by atoms with van der Waals surface area (Å²) in [6.45, 7) is 3.16. The number of carboxylic acids is 1. The monoisotopic (exact) mass is 335 g/mol. The van der Waals surface area contributed by atoms with Gasteiger partial charge >= 0.3 is 12.1 Å². The normalized spacial score (nSPS) is 33.3. The van der Waals surface area contributed by atoms with Crippen LogP contribution in [0.15, 0.2) is 6.07 Å². The number of carbonyl (C=O) groups is 1. The average molecular weight is 335 g/mol. The summed E-state index contributed by atoms with van der Waals surface area (Å²) in [4.78, 5) is 12.5. The molecular formula is C13H12F3NO4S. The van der Waals surface area contributed by atoms with Gasteiger partial charge in [0.05, 0.1) is 5.56 Å². The van der Waals surface area contributed by atoms with E-state index in [2.05, 4.69) is 4.98 Å². The van der Waals surface area contributed by atoms with Crippen LogP contribution >= 0.6 is 11.8 Å². The first kappa shape index (κ1) is 15.4. The summed E-state index contributed by atoms with van der Waals surface area (Å²) in [5.74, 6) is -1.87. The molecule has 5 nitrogen and oxygen atoms in total. The first-order valence-electron chi connectivity index (χ1n) is 6.38. The zero-order valence-electron chi connectivity index (χ0n) is 11.6. The van der Waals surface area contributed by atoms with Crippen molar-refractivity contribution in [2.24, 2.45) is 0 Å². The number of hydrogen-bond acceptors (Lipinski definition) is 5. The molecule has 1 aromatic heterocycles. The van der Waals surface area contributed by atoms with E-state index in [0.717, 1.165) is 0 Å². The van der Waals surface area contributed by atoms with Crippen LogP contribution in [-0.2, 0) is 10.4 Å². The Bertz CT molecular complexity index is 680. The van der Waals surface area contributed by atoms with Gasteiger partial charge in [-0.05, 0) is 25.5 Å². The number of aliphatic hydroxyl groups is 1. The molecule has 22 heavy (non-hydrogen) atoms. The largest absolute Gasteiger partial charge is 0.480 e. The second-order valence-electron chi connectivity index (χ2n) is 5.55. The molecule has 1 aromatic rings. The molecule has 3 atom stereocenters. The van der Waals surface area contributed by atoms with Crippen molar-refractivity contribution in [2.75, 3.05) is 0 Å². The van der Waals surface area contributed by atoms with E-state index in [1.165, 1.54) is 0 Å². The van der Waals surface area contributed by atoms with E-state index in [1.807, 2.05) is 0 Å². The SMILES string of the molecule is Cc1cc(C)c2c(n1)OC1(C(F)(F)F)CC2(O)C(C(=O)O)S1. The number of ether oxygens (including phenoxy) is 1. The quantitative estimate of drug-likeness (QED) is 0.818. The zero-order valence-corrected chi connectivity index (χ0v) is 12.4. The van der Waals surface area contributed by atoms with Crippen LogP contribution in [0.2, 0.25) is 0 Å². The van der Waals surface area contributed by atoms with E-state index >= 15 is 0 Å². The predicted octanol–water partition coefficient (Wildman–Crippen LogP) is 2.13.